The van der Waals surface area contributed by atoms with Gasteiger partial charge in [-0.15, -0.1) is 0 Å². The zero-order chi connectivity index (χ0) is 22.6. The standard InChI is InChI=1S/C25H37N3O3/c1-5-7-16-27(19-22-14-11-15-26(22)3)24(29)20-28(17-18-31-4)25(30)23(6-2)21-12-9-8-10-13-21/h8-15,23H,5-7,16-20H2,1-4H3/t23-/m1/s1. The number of methoxy groups -OCH3 is 1. The third kappa shape index (κ3) is 7.24. The fourth-order valence-electron chi connectivity index (χ4n) is 3.69. The molecule has 1 heterocycles. The van der Waals surface area contributed by atoms with Gasteiger partial charge in [0, 0.05) is 39.1 Å². The number of unbranched alkanes of at least 4 members (excludes halogenated alkanes) is 1. The Bertz CT molecular complexity index is 803. The molecule has 0 unspecified atom stereocenters. The molecule has 170 valence electrons. The number of carbonyl (C=O) groups excluding carboxylic acids is 2. The van der Waals surface area contributed by atoms with Gasteiger partial charge in [-0.2, -0.15) is 0 Å². The lowest BCUT2D eigenvalue weighted by Gasteiger charge is -2.30. The van der Waals surface area contributed by atoms with Gasteiger partial charge in [0.1, 0.15) is 0 Å². The van der Waals surface area contributed by atoms with Crippen molar-refractivity contribution in [2.75, 3.05) is 33.4 Å². The minimum atomic E-state index is -0.261. The number of benzene rings is 1. The average Bonchev–Trinajstić information content (AvgIpc) is 3.19. The lowest BCUT2D eigenvalue weighted by atomic mass is 9.95. The van der Waals surface area contributed by atoms with Crippen LogP contribution in [0.15, 0.2) is 48.7 Å². The number of amides is 2. The topological polar surface area (TPSA) is 54.8 Å². The van der Waals surface area contributed by atoms with Gasteiger partial charge >= 0.3 is 0 Å². The zero-order valence-corrected chi connectivity index (χ0v) is 19.4. The van der Waals surface area contributed by atoms with E-state index in [1.165, 1.54) is 0 Å². The van der Waals surface area contributed by atoms with E-state index in [9.17, 15) is 9.59 Å². The molecule has 0 fully saturated rings. The van der Waals surface area contributed by atoms with Crippen LogP contribution in [0.3, 0.4) is 0 Å². The number of hydrogen-bond acceptors (Lipinski definition) is 3. The molecule has 0 aliphatic heterocycles. The summed E-state index contributed by atoms with van der Waals surface area (Å²) in [6, 6.07) is 13.8. The molecule has 2 aromatic rings. The zero-order valence-electron chi connectivity index (χ0n) is 19.4. The monoisotopic (exact) mass is 427 g/mol. The normalized spacial score (nSPS) is 11.9. The molecule has 6 heteroatoms. The molecule has 0 saturated heterocycles. The molecule has 6 nitrogen and oxygen atoms in total. The molecule has 2 rings (SSSR count). The largest absolute Gasteiger partial charge is 0.383 e. The molecule has 0 bridgehead atoms. The lowest BCUT2D eigenvalue weighted by molar-refractivity contribution is -0.142. The molecular weight excluding hydrogens is 390 g/mol. The van der Waals surface area contributed by atoms with Gasteiger partial charge in [-0.1, -0.05) is 50.6 Å². The number of aryl methyl sites for hydroxylation is 1. The Morgan fingerprint density at radius 1 is 1.03 bits per heavy atom. The van der Waals surface area contributed by atoms with E-state index in [4.69, 9.17) is 4.74 Å². The maximum absolute atomic E-state index is 13.4. The molecule has 0 aliphatic rings. The van der Waals surface area contributed by atoms with Crippen LogP contribution in [0.25, 0.3) is 0 Å². The van der Waals surface area contributed by atoms with E-state index in [-0.39, 0.29) is 24.3 Å². The second-order valence-corrected chi connectivity index (χ2v) is 7.90. The van der Waals surface area contributed by atoms with Crippen molar-refractivity contribution in [2.45, 2.75) is 45.6 Å². The van der Waals surface area contributed by atoms with E-state index in [1.807, 2.05) is 72.1 Å². The van der Waals surface area contributed by atoms with E-state index in [0.29, 0.717) is 32.7 Å². The van der Waals surface area contributed by atoms with Crippen LogP contribution in [-0.4, -0.2) is 59.5 Å². The van der Waals surface area contributed by atoms with Crippen LogP contribution in [0.5, 0.6) is 0 Å². The predicted octanol–water partition coefficient (Wildman–Crippen LogP) is 3.82. The van der Waals surface area contributed by atoms with E-state index in [0.717, 1.165) is 24.1 Å². The van der Waals surface area contributed by atoms with Crippen LogP contribution >= 0.6 is 0 Å². The highest BCUT2D eigenvalue weighted by molar-refractivity contribution is 5.88. The molecular formula is C25H37N3O3. The first-order valence-corrected chi connectivity index (χ1v) is 11.2. The first-order chi connectivity index (χ1) is 15.0. The van der Waals surface area contributed by atoms with Gasteiger partial charge in [-0.25, -0.2) is 0 Å². The summed E-state index contributed by atoms with van der Waals surface area (Å²) in [4.78, 5) is 30.2. The van der Waals surface area contributed by atoms with Gasteiger partial charge in [0.25, 0.3) is 0 Å². The molecule has 1 atom stereocenters. The Morgan fingerprint density at radius 3 is 2.35 bits per heavy atom. The highest BCUT2D eigenvalue weighted by Crippen LogP contribution is 2.22. The van der Waals surface area contributed by atoms with E-state index in [2.05, 4.69) is 6.92 Å². The Hall–Kier alpha value is -2.60. The maximum atomic E-state index is 13.4. The number of ether oxygens (including phenoxy) is 1. The van der Waals surface area contributed by atoms with Crippen LogP contribution in [0.2, 0.25) is 0 Å². The quantitative estimate of drug-likeness (QED) is 0.488. The summed E-state index contributed by atoms with van der Waals surface area (Å²) >= 11 is 0. The summed E-state index contributed by atoms with van der Waals surface area (Å²) in [5, 5.41) is 0. The highest BCUT2D eigenvalue weighted by Gasteiger charge is 2.27. The first kappa shape index (κ1) is 24.7. The van der Waals surface area contributed by atoms with Gasteiger partial charge in [0.05, 0.1) is 25.6 Å². The number of hydrogen-bond donors (Lipinski definition) is 0. The van der Waals surface area contributed by atoms with E-state index < -0.39 is 0 Å². The number of nitrogens with zero attached hydrogens (tertiary/aromatic N) is 3. The third-order valence-electron chi connectivity index (χ3n) is 5.65. The van der Waals surface area contributed by atoms with E-state index in [1.54, 1.807) is 12.0 Å². The predicted molar refractivity (Wildman–Crippen MR) is 124 cm³/mol. The molecule has 1 aromatic carbocycles. The van der Waals surface area contributed by atoms with Crippen LogP contribution in [0.4, 0.5) is 0 Å². The fourth-order valence-corrected chi connectivity index (χ4v) is 3.69. The van der Waals surface area contributed by atoms with Crippen molar-refractivity contribution in [3.63, 3.8) is 0 Å². The molecule has 0 spiro atoms. The SMILES string of the molecule is CCCCN(Cc1cccn1C)C(=O)CN(CCOC)C(=O)[C@H](CC)c1ccccc1. The minimum Gasteiger partial charge on any atom is -0.383 e. The van der Waals surface area contributed by atoms with Gasteiger partial charge < -0.3 is 19.1 Å². The fraction of sp³-hybridized carbons (Fsp3) is 0.520. The van der Waals surface area contributed by atoms with E-state index >= 15 is 0 Å². The molecule has 0 N–H and O–H groups in total. The summed E-state index contributed by atoms with van der Waals surface area (Å²) in [7, 11) is 3.60. The molecule has 0 radical (unpaired) electrons. The molecule has 0 saturated carbocycles. The summed E-state index contributed by atoms with van der Waals surface area (Å²) in [5.41, 5.74) is 2.06. The smallest absolute Gasteiger partial charge is 0.242 e. The lowest BCUT2D eigenvalue weighted by Crippen LogP contribution is -2.45. The van der Waals surface area contributed by atoms with Crippen molar-refractivity contribution < 1.29 is 14.3 Å². The van der Waals surface area contributed by atoms with Crippen molar-refractivity contribution in [2.24, 2.45) is 7.05 Å². The van der Waals surface area contributed by atoms with Crippen molar-refractivity contribution in [3.05, 3.63) is 59.9 Å². The van der Waals surface area contributed by atoms with Crippen molar-refractivity contribution >= 4 is 11.8 Å². The van der Waals surface area contributed by atoms with Crippen molar-refractivity contribution in [3.8, 4) is 0 Å². The number of aromatic nitrogens is 1. The Labute approximate surface area is 186 Å². The maximum Gasteiger partial charge on any atom is 0.242 e. The van der Waals surface area contributed by atoms with Crippen molar-refractivity contribution in [1.82, 2.24) is 14.4 Å². The van der Waals surface area contributed by atoms with Crippen LogP contribution in [0, 0.1) is 0 Å². The summed E-state index contributed by atoms with van der Waals surface area (Å²) in [6.45, 7) is 6.22. The number of rotatable bonds is 13. The Morgan fingerprint density at radius 2 is 1.77 bits per heavy atom. The second-order valence-electron chi connectivity index (χ2n) is 7.90. The third-order valence-corrected chi connectivity index (χ3v) is 5.65. The van der Waals surface area contributed by atoms with Crippen LogP contribution in [-0.2, 0) is 27.9 Å². The van der Waals surface area contributed by atoms with Crippen molar-refractivity contribution in [1.29, 1.82) is 0 Å². The van der Waals surface area contributed by atoms with Gasteiger partial charge in [-0.05, 0) is 30.5 Å². The minimum absolute atomic E-state index is 0.0200. The molecule has 0 aliphatic carbocycles. The van der Waals surface area contributed by atoms with Crippen LogP contribution in [0.1, 0.15) is 50.3 Å². The molecule has 31 heavy (non-hydrogen) atoms. The van der Waals surface area contributed by atoms with Gasteiger partial charge in [-0.3, -0.25) is 9.59 Å². The Kier molecular flexibility index (Phi) is 10.3. The average molecular weight is 428 g/mol. The Balaban J connectivity index is 2.18. The highest BCUT2D eigenvalue weighted by atomic mass is 16.5. The first-order valence-electron chi connectivity index (χ1n) is 11.2. The molecule has 1 aromatic heterocycles. The van der Waals surface area contributed by atoms with Gasteiger partial charge in [0.2, 0.25) is 11.8 Å². The summed E-state index contributed by atoms with van der Waals surface area (Å²) in [6.07, 6.45) is 4.61. The second kappa shape index (κ2) is 13.0. The van der Waals surface area contributed by atoms with Crippen LogP contribution < -0.4 is 0 Å². The molecule has 2 amide bonds. The summed E-state index contributed by atoms with van der Waals surface area (Å²) in [5.74, 6) is -0.307. The summed E-state index contributed by atoms with van der Waals surface area (Å²) < 4.78 is 7.26. The number of carbonyl (C=O) groups is 2. The van der Waals surface area contributed by atoms with Gasteiger partial charge in [0.15, 0.2) is 0 Å².